The van der Waals surface area contributed by atoms with Crippen molar-refractivity contribution in [2.45, 2.75) is 6.92 Å². The molecule has 0 atom stereocenters. The molecule has 0 fully saturated rings. The summed E-state index contributed by atoms with van der Waals surface area (Å²) in [4.78, 5) is 18.7. The Morgan fingerprint density at radius 1 is 1.23 bits per heavy atom. The fraction of sp³-hybridized carbons (Fsp3) is 0.0526. The van der Waals surface area contributed by atoms with Crippen LogP contribution in [0.5, 0.6) is 0 Å². The molecule has 130 valence electrons. The number of thiophene rings is 2. The van der Waals surface area contributed by atoms with Gasteiger partial charge in [0.1, 0.15) is 4.88 Å². The van der Waals surface area contributed by atoms with Gasteiger partial charge in [-0.2, -0.15) is 4.98 Å². The number of rotatable bonds is 3. The molecule has 7 heteroatoms. The van der Waals surface area contributed by atoms with Crippen molar-refractivity contribution in [2.24, 2.45) is 0 Å². The summed E-state index contributed by atoms with van der Waals surface area (Å²) in [5.74, 6) is -0.198. The predicted molar refractivity (Wildman–Crippen MR) is 113 cm³/mol. The van der Waals surface area contributed by atoms with Gasteiger partial charge in [-0.1, -0.05) is 33.3 Å². The Hall–Kier alpha value is -2.22. The van der Waals surface area contributed by atoms with Crippen LogP contribution in [-0.4, -0.2) is 5.91 Å². The lowest BCUT2D eigenvalue weighted by atomic mass is 10.2. The number of carbonyl (C=O) groups excluding carboxylic acids is 1. The number of nitrogens with one attached hydrogen (secondary N) is 2. The molecule has 0 saturated carbocycles. The van der Waals surface area contributed by atoms with Gasteiger partial charge < -0.3 is 11.1 Å². The number of nitrogen functional groups attached to an aromatic ring is 1. The number of H-pyrrole nitrogens is 1. The van der Waals surface area contributed by atoms with Crippen LogP contribution in [0.25, 0.3) is 20.8 Å². The summed E-state index contributed by atoms with van der Waals surface area (Å²) in [5.41, 5.74) is 9.57. The predicted octanol–water partition coefficient (Wildman–Crippen LogP) is 5.35. The Kier molecular flexibility index (Phi) is 4.52. The molecule has 0 saturated heterocycles. The number of amides is 1. The molecule has 0 spiro atoms. The van der Waals surface area contributed by atoms with Crippen molar-refractivity contribution < 1.29 is 9.78 Å². The van der Waals surface area contributed by atoms with E-state index in [1.54, 1.807) is 11.3 Å². The minimum Gasteiger partial charge on any atom is -0.397 e. The maximum atomic E-state index is 12.7. The zero-order valence-electron chi connectivity index (χ0n) is 13.8. The lowest BCUT2D eigenvalue weighted by Crippen LogP contribution is -2.12. The molecule has 0 aliphatic heterocycles. The molecule has 0 bridgehead atoms. The minimum atomic E-state index is -0.198. The minimum absolute atomic E-state index is 0.198. The highest BCUT2D eigenvalue weighted by Gasteiger charge is 2.21. The number of hydrogen-bond donors (Lipinski definition) is 2. The maximum absolute atomic E-state index is 12.7. The number of aryl methyl sites for hydroxylation is 1. The number of aromatic nitrogens is 1. The molecule has 4 aromatic rings. The van der Waals surface area contributed by atoms with E-state index >= 15 is 0 Å². The monoisotopic (exact) mass is 444 g/mol. The highest BCUT2D eigenvalue weighted by atomic mass is 79.9. The fourth-order valence-electron chi connectivity index (χ4n) is 2.70. The van der Waals surface area contributed by atoms with Gasteiger partial charge in [0.2, 0.25) is 5.69 Å². The zero-order chi connectivity index (χ0) is 18.3. The Morgan fingerprint density at radius 2 is 2.08 bits per heavy atom. The van der Waals surface area contributed by atoms with Crippen LogP contribution in [0.1, 0.15) is 15.2 Å². The van der Waals surface area contributed by atoms with Crippen molar-refractivity contribution in [3.8, 4) is 10.6 Å². The molecular formula is C19H15BrN3OS2+. The number of anilines is 2. The highest BCUT2D eigenvalue weighted by molar-refractivity contribution is 9.10. The van der Waals surface area contributed by atoms with E-state index in [0.717, 1.165) is 36.5 Å². The van der Waals surface area contributed by atoms with Gasteiger partial charge in [-0.05, 0) is 48.2 Å². The van der Waals surface area contributed by atoms with E-state index in [1.807, 2.05) is 48.7 Å². The zero-order valence-corrected chi connectivity index (χ0v) is 17.0. The molecular weight excluding hydrogens is 430 g/mol. The second kappa shape index (κ2) is 6.83. The normalized spacial score (nSPS) is 11.0. The molecule has 1 aromatic carbocycles. The van der Waals surface area contributed by atoms with Crippen molar-refractivity contribution in [1.29, 1.82) is 0 Å². The van der Waals surface area contributed by atoms with Gasteiger partial charge in [-0.15, -0.1) is 11.3 Å². The first-order valence-electron chi connectivity index (χ1n) is 7.88. The summed E-state index contributed by atoms with van der Waals surface area (Å²) in [5, 5.41) is 5.83. The Morgan fingerprint density at radius 3 is 2.81 bits per heavy atom. The summed E-state index contributed by atoms with van der Waals surface area (Å²) in [6.07, 6.45) is 0. The molecule has 0 aliphatic carbocycles. The molecule has 4 N–H and O–H groups in total. The Bertz CT molecular complexity index is 1120. The van der Waals surface area contributed by atoms with Crippen LogP contribution in [-0.2, 0) is 0 Å². The largest absolute Gasteiger partial charge is 0.397 e. The van der Waals surface area contributed by atoms with Gasteiger partial charge in [0.05, 0.1) is 16.0 Å². The Labute approximate surface area is 166 Å². The van der Waals surface area contributed by atoms with Crippen molar-refractivity contribution in [2.75, 3.05) is 11.1 Å². The van der Waals surface area contributed by atoms with Crippen LogP contribution >= 0.6 is 38.6 Å². The molecule has 4 rings (SSSR count). The smallest absolute Gasteiger partial charge is 0.270 e. The lowest BCUT2D eigenvalue weighted by Gasteiger charge is -2.06. The second-order valence-electron chi connectivity index (χ2n) is 5.86. The van der Waals surface area contributed by atoms with Crippen LogP contribution < -0.4 is 16.0 Å². The average molecular weight is 445 g/mol. The van der Waals surface area contributed by atoms with Crippen molar-refractivity contribution in [3.63, 3.8) is 0 Å². The van der Waals surface area contributed by atoms with Crippen LogP contribution in [0.2, 0.25) is 0 Å². The molecule has 0 radical (unpaired) electrons. The number of fused-ring (bicyclic) bond motifs is 1. The first kappa shape index (κ1) is 17.2. The van der Waals surface area contributed by atoms with Crippen molar-refractivity contribution >= 4 is 66.1 Å². The van der Waals surface area contributed by atoms with Gasteiger partial charge in [0, 0.05) is 16.2 Å². The third-order valence-electron chi connectivity index (χ3n) is 4.06. The quantitative estimate of drug-likeness (QED) is 0.446. The van der Waals surface area contributed by atoms with E-state index in [-0.39, 0.29) is 5.91 Å². The van der Waals surface area contributed by atoms with Crippen molar-refractivity contribution in [3.05, 3.63) is 62.8 Å². The average Bonchev–Trinajstić information content (AvgIpc) is 3.26. The molecule has 1 amide bonds. The number of benzene rings is 1. The summed E-state index contributed by atoms with van der Waals surface area (Å²) < 4.78 is 1.01. The SMILES string of the molecule is Cc1cc(NC(=O)c2sc3[nH+]c(-c4cccs4)ccc3c2N)ccc1Br. The van der Waals surface area contributed by atoms with Gasteiger partial charge >= 0.3 is 0 Å². The van der Waals surface area contributed by atoms with Crippen LogP contribution in [0.4, 0.5) is 11.4 Å². The van der Waals surface area contributed by atoms with Gasteiger partial charge in [0.25, 0.3) is 10.7 Å². The number of aromatic amines is 1. The summed E-state index contributed by atoms with van der Waals surface area (Å²) in [6, 6.07) is 13.7. The summed E-state index contributed by atoms with van der Waals surface area (Å²) in [7, 11) is 0. The van der Waals surface area contributed by atoms with E-state index in [2.05, 4.69) is 32.3 Å². The fourth-order valence-corrected chi connectivity index (χ4v) is 4.67. The number of carbonyl (C=O) groups is 1. The van der Waals surface area contributed by atoms with E-state index in [0.29, 0.717) is 10.6 Å². The molecule has 26 heavy (non-hydrogen) atoms. The molecule has 0 unspecified atom stereocenters. The molecule has 3 heterocycles. The van der Waals surface area contributed by atoms with E-state index in [9.17, 15) is 4.79 Å². The third-order valence-corrected chi connectivity index (χ3v) is 6.99. The van der Waals surface area contributed by atoms with Crippen LogP contribution in [0.3, 0.4) is 0 Å². The third kappa shape index (κ3) is 3.13. The number of halogens is 1. The van der Waals surface area contributed by atoms with Gasteiger partial charge in [0.15, 0.2) is 0 Å². The lowest BCUT2D eigenvalue weighted by molar-refractivity contribution is -0.327. The second-order valence-corrected chi connectivity index (χ2v) is 8.68. The highest BCUT2D eigenvalue weighted by Crippen LogP contribution is 2.33. The number of pyridine rings is 1. The van der Waals surface area contributed by atoms with Gasteiger partial charge in [-0.25, -0.2) is 0 Å². The summed E-state index contributed by atoms with van der Waals surface area (Å²) in [6.45, 7) is 1.98. The van der Waals surface area contributed by atoms with E-state index in [1.165, 1.54) is 11.3 Å². The summed E-state index contributed by atoms with van der Waals surface area (Å²) >= 11 is 6.50. The van der Waals surface area contributed by atoms with E-state index < -0.39 is 0 Å². The topological polar surface area (TPSA) is 69.3 Å². The molecule has 4 nitrogen and oxygen atoms in total. The molecule has 3 aromatic heterocycles. The van der Waals surface area contributed by atoms with Crippen molar-refractivity contribution in [1.82, 2.24) is 0 Å². The van der Waals surface area contributed by atoms with E-state index in [4.69, 9.17) is 5.73 Å². The number of hydrogen-bond acceptors (Lipinski definition) is 4. The Balaban J connectivity index is 1.68. The van der Waals surface area contributed by atoms with Crippen LogP contribution in [0, 0.1) is 6.92 Å². The standard InChI is InChI=1S/C19H14BrN3OS2/c1-10-9-11(4-6-13(10)20)22-18(24)17-16(21)12-5-7-14(23-19(12)26-17)15-3-2-8-25-15/h2-9H,21H2,1H3,(H,22,24)/p+1. The van der Waals surface area contributed by atoms with Gasteiger partial charge in [-0.3, -0.25) is 4.79 Å². The van der Waals surface area contributed by atoms with Crippen LogP contribution in [0.15, 0.2) is 52.3 Å². The first-order chi connectivity index (χ1) is 12.5. The number of nitrogens with two attached hydrogens (primary N) is 1. The molecule has 0 aliphatic rings. The first-order valence-corrected chi connectivity index (χ1v) is 10.4. The maximum Gasteiger partial charge on any atom is 0.270 e.